The van der Waals surface area contributed by atoms with Crippen LogP contribution in [0.25, 0.3) is 28.2 Å². The Bertz CT molecular complexity index is 1220. The van der Waals surface area contributed by atoms with E-state index in [2.05, 4.69) is 20.7 Å². The molecule has 2 N–H and O–H groups in total. The Kier molecular flexibility index (Phi) is 3.98. The number of anilines is 2. The van der Waals surface area contributed by atoms with Gasteiger partial charge >= 0.3 is 0 Å². The number of hydrogen-bond acceptors (Lipinski definition) is 5. The van der Waals surface area contributed by atoms with E-state index >= 15 is 0 Å². The third-order valence-corrected chi connectivity index (χ3v) is 4.77. The lowest BCUT2D eigenvalue weighted by molar-refractivity contribution is -0.110. The Morgan fingerprint density at radius 1 is 1.10 bits per heavy atom. The lowest BCUT2D eigenvalue weighted by Gasteiger charge is -2.03. The predicted molar refractivity (Wildman–Crippen MR) is 111 cm³/mol. The molecule has 7 heteroatoms. The number of fused-ring (bicyclic) bond motifs is 1. The van der Waals surface area contributed by atoms with E-state index in [-0.39, 0.29) is 5.91 Å². The van der Waals surface area contributed by atoms with E-state index in [1.165, 1.54) is 0 Å². The molecule has 4 heterocycles. The van der Waals surface area contributed by atoms with E-state index in [9.17, 15) is 4.79 Å². The molecule has 1 aromatic carbocycles. The highest BCUT2D eigenvalue weighted by atomic mass is 16.3. The molecule has 7 nitrogen and oxygen atoms in total. The smallest absolute Gasteiger partial charge is 0.259 e. The molecule has 1 amide bonds. The van der Waals surface area contributed by atoms with E-state index in [1.54, 1.807) is 23.3 Å². The third-order valence-electron chi connectivity index (χ3n) is 4.77. The van der Waals surface area contributed by atoms with Gasteiger partial charge in [-0.15, -0.1) is 0 Å². The average molecular weight is 383 g/mol. The van der Waals surface area contributed by atoms with E-state index in [4.69, 9.17) is 4.42 Å². The Morgan fingerprint density at radius 2 is 1.97 bits per heavy atom. The van der Waals surface area contributed by atoms with Gasteiger partial charge in [0.25, 0.3) is 5.91 Å². The molecule has 0 bridgehead atoms. The Hall–Kier alpha value is -4.13. The van der Waals surface area contributed by atoms with Crippen LogP contribution in [0.2, 0.25) is 0 Å². The SMILES string of the molecule is Cn1nc(-c2ccccc2)cc1NC=C1C(=O)Nc2ncc(-c3ccco3)cc21. The van der Waals surface area contributed by atoms with Crippen molar-refractivity contribution in [2.24, 2.45) is 7.05 Å². The summed E-state index contributed by atoms with van der Waals surface area (Å²) in [6.45, 7) is 0. The molecule has 0 unspecified atom stereocenters. The van der Waals surface area contributed by atoms with Gasteiger partial charge < -0.3 is 15.1 Å². The highest BCUT2D eigenvalue weighted by Gasteiger charge is 2.26. The molecular weight excluding hydrogens is 366 g/mol. The first-order valence-electron chi connectivity index (χ1n) is 9.11. The molecule has 0 aliphatic carbocycles. The van der Waals surface area contributed by atoms with Crippen LogP contribution < -0.4 is 10.6 Å². The van der Waals surface area contributed by atoms with Crippen LogP contribution in [0, 0.1) is 0 Å². The first-order chi connectivity index (χ1) is 14.2. The molecule has 4 aromatic rings. The quantitative estimate of drug-likeness (QED) is 0.517. The first-order valence-corrected chi connectivity index (χ1v) is 9.11. The zero-order chi connectivity index (χ0) is 19.8. The minimum Gasteiger partial charge on any atom is -0.464 e. The molecule has 0 radical (unpaired) electrons. The number of benzene rings is 1. The summed E-state index contributed by atoms with van der Waals surface area (Å²) in [6, 6.07) is 17.4. The second kappa shape index (κ2) is 6.79. The van der Waals surface area contributed by atoms with Gasteiger partial charge in [-0.2, -0.15) is 5.10 Å². The summed E-state index contributed by atoms with van der Waals surface area (Å²) in [6.07, 6.45) is 4.97. The van der Waals surface area contributed by atoms with Gasteiger partial charge in [-0.05, 0) is 18.2 Å². The number of pyridine rings is 1. The number of rotatable bonds is 4. The summed E-state index contributed by atoms with van der Waals surface area (Å²) in [5, 5.41) is 10.5. The second-order valence-corrected chi connectivity index (χ2v) is 6.66. The van der Waals surface area contributed by atoms with Crippen LogP contribution in [0.1, 0.15) is 5.56 Å². The molecule has 0 atom stereocenters. The van der Waals surface area contributed by atoms with Crippen LogP contribution in [0.4, 0.5) is 11.6 Å². The maximum absolute atomic E-state index is 12.5. The van der Waals surface area contributed by atoms with Gasteiger partial charge in [0.05, 0.1) is 17.5 Å². The predicted octanol–water partition coefficient (Wildman–Crippen LogP) is 4.15. The molecule has 1 aliphatic heterocycles. The largest absolute Gasteiger partial charge is 0.464 e. The van der Waals surface area contributed by atoms with Crippen molar-refractivity contribution in [2.45, 2.75) is 0 Å². The average Bonchev–Trinajstić information content (AvgIpc) is 3.46. The zero-order valence-electron chi connectivity index (χ0n) is 15.6. The Balaban J connectivity index is 1.46. The number of furan rings is 1. The number of hydrogen-bond donors (Lipinski definition) is 2. The van der Waals surface area contributed by atoms with Gasteiger partial charge in [0.1, 0.15) is 17.4 Å². The standard InChI is InChI=1S/C22H17N5O2/c1-27-20(11-18(26-27)14-6-3-2-4-7-14)23-13-17-16-10-15(19-8-5-9-29-19)12-24-21(16)25-22(17)28/h2-13,23H,1H3,(H,24,25,28). The minimum absolute atomic E-state index is 0.206. The topological polar surface area (TPSA) is 85.0 Å². The van der Waals surface area contributed by atoms with Gasteiger partial charge in [-0.3, -0.25) is 9.48 Å². The van der Waals surface area contributed by atoms with Crippen molar-refractivity contribution in [3.63, 3.8) is 0 Å². The van der Waals surface area contributed by atoms with Crippen molar-refractivity contribution in [1.82, 2.24) is 14.8 Å². The van der Waals surface area contributed by atoms with Crippen LogP contribution in [-0.2, 0) is 11.8 Å². The number of nitrogens with zero attached hydrogens (tertiary/aromatic N) is 3. The van der Waals surface area contributed by atoms with Gasteiger partial charge in [0.15, 0.2) is 0 Å². The highest BCUT2D eigenvalue weighted by Crippen LogP contribution is 2.33. The molecule has 0 saturated heterocycles. The summed E-state index contributed by atoms with van der Waals surface area (Å²) >= 11 is 0. The van der Waals surface area contributed by atoms with Gasteiger partial charge in [-0.1, -0.05) is 30.3 Å². The van der Waals surface area contributed by atoms with Crippen LogP contribution >= 0.6 is 0 Å². The van der Waals surface area contributed by atoms with Crippen molar-refractivity contribution in [3.8, 4) is 22.6 Å². The number of carbonyl (C=O) groups excluding carboxylic acids is 1. The van der Waals surface area contributed by atoms with Gasteiger partial charge in [0.2, 0.25) is 0 Å². The van der Waals surface area contributed by atoms with E-state index in [0.717, 1.165) is 28.2 Å². The van der Waals surface area contributed by atoms with Crippen molar-refractivity contribution in [3.05, 3.63) is 78.8 Å². The third kappa shape index (κ3) is 3.08. The number of amides is 1. The van der Waals surface area contributed by atoms with Gasteiger partial charge in [-0.25, -0.2) is 4.98 Å². The summed E-state index contributed by atoms with van der Waals surface area (Å²) in [5.41, 5.74) is 3.92. The number of aromatic nitrogens is 3. The summed E-state index contributed by atoms with van der Waals surface area (Å²) in [4.78, 5) is 16.8. The molecule has 142 valence electrons. The molecule has 1 aliphatic rings. The van der Waals surface area contributed by atoms with Gasteiger partial charge in [0, 0.05) is 42.2 Å². The summed E-state index contributed by atoms with van der Waals surface area (Å²) < 4.78 is 7.18. The summed E-state index contributed by atoms with van der Waals surface area (Å²) in [7, 11) is 1.85. The normalized spacial score (nSPS) is 14.1. The van der Waals surface area contributed by atoms with Crippen molar-refractivity contribution < 1.29 is 9.21 Å². The van der Waals surface area contributed by atoms with E-state index in [1.807, 2.05) is 61.6 Å². The highest BCUT2D eigenvalue weighted by molar-refractivity contribution is 6.31. The Morgan fingerprint density at radius 3 is 2.76 bits per heavy atom. The maximum Gasteiger partial charge on any atom is 0.259 e. The number of aryl methyl sites for hydroxylation is 1. The van der Waals surface area contributed by atoms with E-state index in [0.29, 0.717) is 17.2 Å². The van der Waals surface area contributed by atoms with Crippen molar-refractivity contribution in [1.29, 1.82) is 0 Å². The maximum atomic E-state index is 12.5. The molecular formula is C22H17N5O2. The van der Waals surface area contributed by atoms with Crippen LogP contribution in [0.15, 0.2) is 77.7 Å². The fourth-order valence-electron chi connectivity index (χ4n) is 3.29. The van der Waals surface area contributed by atoms with Crippen molar-refractivity contribution in [2.75, 3.05) is 10.6 Å². The second-order valence-electron chi connectivity index (χ2n) is 6.66. The Labute approximate surface area is 166 Å². The van der Waals surface area contributed by atoms with Crippen LogP contribution in [0.3, 0.4) is 0 Å². The van der Waals surface area contributed by atoms with E-state index < -0.39 is 0 Å². The fourth-order valence-corrected chi connectivity index (χ4v) is 3.29. The van der Waals surface area contributed by atoms with Crippen LogP contribution in [0.5, 0.6) is 0 Å². The van der Waals surface area contributed by atoms with Crippen molar-refractivity contribution >= 4 is 23.1 Å². The molecule has 29 heavy (non-hydrogen) atoms. The molecule has 5 rings (SSSR count). The molecule has 3 aromatic heterocycles. The lowest BCUT2D eigenvalue weighted by Crippen LogP contribution is -2.06. The number of carbonyl (C=O) groups is 1. The molecule has 0 spiro atoms. The fraction of sp³-hybridized carbons (Fsp3) is 0.0455. The molecule has 0 saturated carbocycles. The zero-order valence-corrected chi connectivity index (χ0v) is 15.6. The lowest BCUT2D eigenvalue weighted by atomic mass is 10.1. The first kappa shape index (κ1) is 17.0. The monoisotopic (exact) mass is 383 g/mol. The number of nitrogens with one attached hydrogen (secondary N) is 2. The summed E-state index contributed by atoms with van der Waals surface area (Å²) in [5.74, 6) is 1.80. The molecule has 0 fully saturated rings. The minimum atomic E-state index is -0.206. The van der Waals surface area contributed by atoms with Crippen LogP contribution in [-0.4, -0.2) is 20.7 Å².